The second-order valence-corrected chi connectivity index (χ2v) is 20.6. The second kappa shape index (κ2) is 15.0. The predicted molar refractivity (Wildman–Crippen MR) is 199 cm³/mol. The Labute approximate surface area is 330 Å². The van der Waals surface area contributed by atoms with Crippen LogP contribution >= 0.6 is 0 Å². The number of ether oxygens (including phenoxy) is 4. The summed E-state index contributed by atoms with van der Waals surface area (Å²) in [7, 11) is 0. The standard InChI is InChI=1S/C42H70O14/c1-19(2)21(44)9-8-20(3)29-22(45)14-39(6)26-11-10-25-38(4,5)28(12-13-41(25)18-42(26,41)15-27(46)40(29,39)7)56-37-35(52)33(50)31(48)24(55-37)17-53-36-34(51)32(49)30(47)23(16-43)54-36/h19-20,22-37,43,45-52H,8-18H2,1-7H3/t20-,22+,23-,24-,25+,26+,27+,28+,29+,30-,31-,32+,33+,34-,35-,36-,37+,39+,40-,41-,42+/m1/s1. The van der Waals surface area contributed by atoms with E-state index >= 15 is 0 Å². The highest BCUT2D eigenvalue weighted by Crippen LogP contribution is 2.89. The van der Waals surface area contributed by atoms with Gasteiger partial charge in [0.1, 0.15) is 54.6 Å². The topological polar surface area (TPSA) is 236 Å². The van der Waals surface area contributed by atoms with Crippen LogP contribution in [0, 0.1) is 56.7 Å². The van der Waals surface area contributed by atoms with E-state index in [1.54, 1.807) is 0 Å². The van der Waals surface area contributed by atoms with E-state index in [1.807, 2.05) is 13.8 Å². The summed E-state index contributed by atoms with van der Waals surface area (Å²) in [4.78, 5) is 12.6. The average molecular weight is 799 g/mol. The van der Waals surface area contributed by atoms with Gasteiger partial charge < -0.3 is 64.9 Å². The number of ketones is 1. The van der Waals surface area contributed by atoms with Gasteiger partial charge in [0.05, 0.1) is 31.5 Å². The molecule has 21 atom stereocenters. The van der Waals surface area contributed by atoms with E-state index in [1.165, 1.54) is 0 Å². The Kier molecular flexibility index (Phi) is 11.5. The first-order valence-corrected chi connectivity index (χ1v) is 21.3. The lowest BCUT2D eigenvalue weighted by Gasteiger charge is -2.64. The number of hydrogen-bond acceptors (Lipinski definition) is 14. The Bertz CT molecular complexity index is 1440. The van der Waals surface area contributed by atoms with Gasteiger partial charge in [0.2, 0.25) is 0 Å². The van der Waals surface area contributed by atoms with Crippen molar-refractivity contribution in [3.8, 4) is 0 Å². The molecule has 0 aromatic carbocycles. The van der Waals surface area contributed by atoms with Crippen LogP contribution < -0.4 is 0 Å². The largest absolute Gasteiger partial charge is 0.394 e. The maximum absolute atomic E-state index is 12.6. The number of hydrogen-bond donors (Lipinski definition) is 9. The highest BCUT2D eigenvalue weighted by atomic mass is 16.7. The summed E-state index contributed by atoms with van der Waals surface area (Å²) in [5.74, 6) is 0.786. The third-order valence-corrected chi connectivity index (χ3v) is 17.5. The van der Waals surface area contributed by atoms with Gasteiger partial charge in [-0.05, 0) is 96.7 Å². The van der Waals surface area contributed by atoms with Gasteiger partial charge in [0.15, 0.2) is 12.6 Å². The highest BCUT2D eigenvalue weighted by Gasteiger charge is 2.84. The molecule has 0 aromatic heterocycles. The van der Waals surface area contributed by atoms with Crippen LogP contribution in [0.15, 0.2) is 0 Å². The molecule has 2 saturated heterocycles. The van der Waals surface area contributed by atoms with Crippen molar-refractivity contribution < 1.29 is 69.7 Å². The summed E-state index contributed by atoms with van der Waals surface area (Å²) >= 11 is 0. The van der Waals surface area contributed by atoms with Crippen LogP contribution in [-0.2, 0) is 23.7 Å². The van der Waals surface area contributed by atoms with Crippen LogP contribution in [0.25, 0.3) is 0 Å². The highest BCUT2D eigenvalue weighted by molar-refractivity contribution is 5.80. The first kappa shape index (κ1) is 43.2. The van der Waals surface area contributed by atoms with Crippen LogP contribution in [-0.4, -0.2) is 145 Å². The molecule has 56 heavy (non-hydrogen) atoms. The number of carbonyl (C=O) groups excluding carboxylic acids is 1. The number of rotatable bonds is 11. The summed E-state index contributed by atoms with van der Waals surface area (Å²) < 4.78 is 23.7. The molecule has 7 rings (SSSR count). The molecule has 2 aliphatic heterocycles. The van der Waals surface area contributed by atoms with Crippen LogP contribution in [0.1, 0.15) is 106 Å². The summed E-state index contributed by atoms with van der Waals surface area (Å²) in [6, 6.07) is 0. The first-order chi connectivity index (χ1) is 26.1. The molecule has 5 saturated carbocycles. The predicted octanol–water partition coefficient (Wildman–Crippen LogP) is 1.02. The molecule has 9 N–H and O–H groups in total. The van der Waals surface area contributed by atoms with Gasteiger partial charge in [0, 0.05) is 17.8 Å². The smallest absolute Gasteiger partial charge is 0.186 e. The summed E-state index contributed by atoms with van der Waals surface area (Å²) in [5.41, 5.74) is -1.22. The Hall–Kier alpha value is -0.850. The molecule has 14 nitrogen and oxygen atoms in total. The molecule has 0 bridgehead atoms. The number of carbonyl (C=O) groups is 1. The Morgan fingerprint density at radius 1 is 0.750 bits per heavy atom. The van der Waals surface area contributed by atoms with Crippen molar-refractivity contribution in [1.82, 2.24) is 0 Å². The average Bonchev–Trinajstić information content (AvgIpc) is 3.74. The van der Waals surface area contributed by atoms with Gasteiger partial charge in [-0.1, -0.05) is 48.5 Å². The van der Waals surface area contributed by atoms with Crippen molar-refractivity contribution in [2.45, 2.75) is 186 Å². The van der Waals surface area contributed by atoms with Gasteiger partial charge in [-0.3, -0.25) is 4.79 Å². The monoisotopic (exact) mass is 798 g/mol. The summed E-state index contributed by atoms with van der Waals surface area (Å²) in [6.45, 7) is 13.9. The van der Waals surface area contributed by atoms with Crippen molar-refractivity contribution >= 4 is 5.78 Å². The normalized spacial score (nSPS) is 54.1. The molecule has 322 valence electrons. The summed E-state index contributed by atoms with van der Waals surface area (Å²) in [6.07, 6.45) is -9.41. The number of aliphatic hydroxyl groups is 9. The number of aliphatic hydroxyl groups excluding tert-OH is 9. The first-order valence-electron chi connectivity index (χ1n) is 21.3. The van der Waals surface area contributed by atoms with E-state index in [0.717, 1.165) is 25.7 Å². The maximum Gasteiger partial charge on any atom is 0.186 e. The van der Waals surface area contributed by atoms with Gasteiger partial charge in [-0.15, -0.1) is 0 Å². The van der Waals surface area contributed by atoms with E-state index in [-0.39, 0.29) is 57.2 Å². The molecule has 5 aliphatic carbocycles. The molecule has 0 aromatic rings. The Balaban J connectivity index is 1.04. The van der Waals surface area contributed by atoms with Gasteiger partial charge in [-0.25, -0.2) is 0 Å². The van der Waals surface area contributed by atoms with Gasteiger partial charge in [-0.2, -0.15) is 0 Å². The molecular formula is C42H70O14. The van der Waals surface area contributed by atoms with Crippen molar-refractivity contribution in [3.63, 3.8) is 0 Å². The SMILES string of the molecule is CC(C)C(=O)CC[C@@H](C)[C@H]1[C@@H](O)C[C@@]2(C)[C@@H]3CC[C@H]4C(C)(C)[C@@H](O[C@@H]5O[C@H](CO[C@@H]6O[C@H](CO)[C@@H](O)[C@H](O)[C@H]6O)[C@@H](O)[C@H](O)[C@H]5O)CC[C@@]45C[C@@]35C[C@H](O)[C@]12C. The minimum atomic E-state index is -1.66. The van der Waals surface area contributed by atoms with Gasteiger partial charge >= 0.3 is 0 Å². The van der Waals surface area contributed by atoms with Crippen LogP contribution in [0.3, 0.4) is 0 Å². The molecule has 7 fully saturated rings. The van der Waals surface area contributed by atoms with E-state index in [9.17, 15) is 50.8 Å². The molecule has 14 heteroatoms. The van der Waals surface area contributed by atoms with Crippen LogP contribution in [0.4, 0.5) is 0 Å². The summed E-state index contributed by atoms with van der Waals surface area (Å²) in [5, 5.41) is 97.2. The van der Waals surface area contributed by atoms with Crippen LogP contribution in [0.5, 0.6) is 0 Å². The number of fused-ring (bicyclic) bond motifs is 2. The quantitative estimate of drug-likeness (QED) is 0.133. The van der Waals surface area contributed by atoms with Gasteiger partial charge in [0.25, 0.3) is 0 Å². The molecule has 7 aliphatic rings. The van der Waals surface area contributed by atoms with E-state index in [4.69, 9.17) is 18.9 Å². The molecular weight excluding hydrogens is 728 g/mol. The third kappa shape index (κ3) is 6.24. The minimum Gasteiger partial charge on any atom is -0.394 e. The zero-order valence-electron chi connectivity index (χ0n) is 34.2. The van der Waals surface area contributed by atoms with E-state index in [2.05, 4.69) is 34.6 Å². The zero-order chi connectivity index (χ0) is 41.1. The molecule has 0 amide bonds. The van der Waals surface area contributed by atoms with Crippen molar-refractivity contribution in [2.75, 3.05) is 13.2 Å². The minimum absolute atomic E-state index is 0.00748. The Morgan fingerprint density at radius 2 is 1.36 bits per heavy atom. The molecule has 2 heterocycles. The second-order valence-electron chi connectivity index (χ2n) is 20.6. The van der Waals surface area contributed by atoms with Crippen molar-refractivity contribution in [2.24, 2.45) is 56.7 Å². The van der Waals surface area contributed by atoms with Crippen molar-refractivity contribution in [1.29, 1.82) is 0 Å². The third-order valence-electron chi connectivity index (χ3n) is 17.5. The zero-order valence-corrected chi connectivity index (χ0v) is 34.2. The number of Topliss-reactive ketones (excluding diaryl/α,β-unsaturated/α-hetero) is 1. The lowest BCUT2D eigenvalue weighted by atomic mass is 9.41. The molecule has 2 spiro atoms. The van der Waals surface area contributed by atoms with Crippen molar-refractivity contribution in [3.05, 3.63) is 0 Å². The fourth-order valence-electron chi connectivity index (χ4n) is 14.3. The fraction of sp³-hybridized carbons (Fsp3) is 0.976. The Morgan fingerprint density at radius 3 is 2.00 bits per heavy atom. The fourth-order valence-corrected chi connectivity index (χ4v) is 14.3. The lowest BCUT2D eigenvalue weighted by Crippen LogP contribution is -2.64. The lowest BCUT2D eigenvalue weighted by molar-refractivity contribution is -0.343. The molecule has 0 radical (unpaired) electrons. The molecule has 0 unspecified atom stereocenters. The van der Waals surface area contributed by atoms with E-state index in [0.29, 0.717) is 38.0 Å². The maximum atomic E-state index is 12.6. The van der Waals surface area contributed by atoms with Crippen LogP contribution in [0.2, 0.25) is 0 Å². The van der Waals surface area contributed by atoms with E-state index < -0.39 is 92.2 Å².